The molecule has 1 aromatic heterocycles. The van der Waals surface area contributed by atoms with Gasteiger partial charge in [0.2, 0.25) is 5.91 Å². The fraction of sp³-hybridized carbons (Fsp3) is 0.150. The van der Waals surface area contributed by atoms with Gasteiger partial charge in [0.05, 0.1) is 0 Å². The summed E-state index contributed by atoms with van der Waals surface area (Å²) in [5, 5.41) is 4.28. The summed E-state index contributed by atoms with van der Waals surface area (Å²) in [4.78, 5) is 12.3. The van der Waals surface area contributed by atoms with Gasteiger partial charge in [-0.2, -0.15) is 0 Å². The number of benzene rings is 2. The maximum absolute atomic E-state index is 11.1. The predicted molar refractivity (Wildman–Crippen MR) is 101 cm³/mol. The van der Waals surface area contributed by atoms with Crippen molar-refractivity contribution in [1.82, 2.24) is 5.32 Å². The number of primary amides is 1. The molecule has 4 nitrogen and oxygen atoms in total. The third-order valence-electron chi connectivity index (χ3n) is 3.73. The summed E-state index contributed by atoms with van der Waals surface area (Å²) in [6.07, 6.45) is 1.02. The quantitative estimate of drug-likeness (QED) is 0.603. The molecule has 128 valence electrons. The van der Waals surface area contributed by atoms with E-state index in [1.165, 1.54) is 10.4 Å². The molecular formula is C20H20N2O2S. The fourth-order valence-electron chi connectivity index (χ4n) is 2.40. The van der Waals surface area contributed by atoms with Crippen LogP contribution in [0, 0.1) is 0 Å². The first-order chi connectivity index (χ1) is 12.2. The zero-order chi connectivity index (χ0) is 17.5. The number of nitrogens with one attached hydrogen (secondary N) is 1. The lowest BCUT2D eigenvalue weighted by Gasteiger charge is -2.04. The van der Waals surface area contributed by atoms with Crippen LogP contribution in [0.15, 0.2) is 66.7 Å². The number of carbonyl (C=O) groups is 1. The lowest BCUT2D eigenvalue weighted by atomic mass is 10.1. The van der Waals surface area contributed by atoms with Crippen molar-refractivity contribution < 1.29 is 9.53 Å². The molecule has 0 fully saturated rings. The average Bonchev–Trinajstić information content (AvgIpc) is 3.07. The molecule has 0 radical (unpaired) electrons. The van der Waals surface area contributed by atoms with Crippen LogP contribution < -0.4 is 15.8 Å². The second-order valence-corrected chi connectivity index (χ2v) is 6.75. The van der Waals surface area contributed by atoms with Crippen LogP contribution in [0.3, 0.4) is 0 Å². The van der Waals surface area contributed by atoms with Gasteiger partial charge in [0.25, 0.3) is 0 Å². The first-order valence-electron chi connectivity index (χ1n) is 8.12. The number of amides is 1. The van der Waals surface area contributed by atoms with Gasteiger partial charge in [0, 0.05) is 17.0 Å². The molecule has 5 heteroatoms. The number of thiophene rings is 1. The Bertz CT molecular complexity index is 813. The minimum Gasteiger partial charge on any atom is -0.447 e. The zero-order valence-corrected chi connectivity index (χ0v) is 14.6. The number of nitrogens with two attached hydrogens (primary N) is 1. The first-order valence-corrected chi connectivity index (χ1v) is 8.93. The number of hydrogen-bond donors (Lipinski definition) is 2. The highest BCUT2D eigenvalue weighted by atomic mass is 32.1. The SMILES string of the molecule is NC(=O)c1ccc(Oc2ccc(CNCCc3ccccc3)s2)cc1. The Kier molecular flexibility index (Phi) is 5.82. The predicted octanol–water partition coefficient (Wildman–Crippen LogP) is 3.97. The molecule has 25 heavy (non-hydrogen) atoms. The van der Waals surface area contributed by atoms with Gasteiger partial charge < -0.3 is 15.8 Å². The van der Waals surface area contributed by atoms with E-state index in [9.17, 15) is 4.79 Å². The first kappa shape index (κ1) is 17.2. The van der Waals surface area contributed by atoms with E-state index in [2.05, 4.69) is 35.6 Å². The molecule has 0 aliphatic rings. The summed E-state index contributed by atoms with van der Waals surface area (Å²) in [7, 11) is 0. The van der Waals surface area contributed by atoms with Gasteiger partial charge in [-0.3, -0.25) is 4.79 Å². The van der Waals surface area contributed by atoms with Gasteiger partial charge in [0.1, 0.15) is 5.75 Å². The van der Waals surface area contributed by atoms with Gasteiger partial charge in [-0.1, -0.05) is 30.3 Å². The van der Waals surface area contributed by atoms with Crippen molar-refractivity contribution in [2.75, 3.05) is 6.54 Å². The van der Waals surface area contributed by atoms with Gasteiger partial charge >= 0.3 is 0 Å². The maximum Gasteiger partial charge on any atom is 0.248 e. The van der Waals surface area contributed by atoms with Crippen LogP contribution in [0.25, 0.3) is 0 Å². The van der Waals surface area contributed by atoms with E-state index < -0.39 is 5.91 Å². The van der Waals surface area contributed by atoms with Crippen molar-refractivity contribution in [3.63, 3.8) is 0 Å². The summed E-state index contributed by atoms with van der Waals surface area (Å²) in [6, 6.07) is 21.3. The number of carbonyl (C=O) groups excluding carboxylic acids is 1. The van der Waals surface area contributed by atoms with Gasteiger partial charge in [-0.25, -0.2) is 0 Å². The lowest BCUT2D eigenvalue weighted by molar-refractivity contribution is 0.100. The zero-order valence-electron chi connectivity index (χ0n) is 13.8. The van der Waals surface area contributed by atoms with Crippen LogP contribution in [0.4, 0.5) is 0 Å². The Balaban J connectivity index is 1.46. The molecule has 0 atom stereocenters. The molecular weight excluding hydrogens is 332 g/mol. The highest BCUT2D eigenvalue weighted by molar-refractivity contribution is 7.13. The van der Waals surface area contributed by atoms with Crippen LogP contribution in [-0.4, -0.2) is 12.5 Å². The van der Waals surface area contributed by atoms with E-state index in [0.29, 0.717) is 11.3 Å². The Morgan fingerprint density at radius 3 is 2.48 bits per heavy atom. The Morgan fingerprint density at radius 1 is 1.00 bits per heavy atom. The molecule has 0 aliphatic carbocycles. The van der Waals surface area contributed by atoms with E-state index in [-0.39, 0.29) is 0 Å². The van der Waals surface area contributed by atoms with Crippen molar-refractivity contribution in [2.24, 2.45) is 5.73 Å². The number of hydrogen-bond acceptors (Lipinski definition) is 4. The standard InChI is InChI=1S/C20H20N2O2S/c21-20(23)16-6-8-17(9-7-16)24-19-11-10-18(25-19)14-22-13-12-15-4-2-1-3-5-15/h1-11,22H,12-14H2,(H2,21,23). The molecule has 2 aromatic carbocycles. The minimum atomic E-state index is -0.438. The van der Waals surface area contributed by atoms with Crippen molar-refractivity contribution >= 4 is 17.2 Å². The van der Waals surface area contributed by atoms with Crippen LogP contribution in [0.5, 0.6) is 10.8 Å². The monoisotopic (exact) mass is 352 g/mol. The molecule has 0 bridgehead atoms. The van der Waals surface area contributed by atoms with Crippen LogP contribution >= 0.6 is 11.3 Å². The molecule has 1 heterocycles. The van der Waals surface area contributed by atoms with Gasteiger partial charge in [-0.15, -0.1) is 11.3 Å². The van der Waals surface area contributed by atoms with E-state index in [4.69, 9.17) is 10.5 Å². The van der Waals surface area contributed by atoms with Crippen molar-refractivity contribution in [2.45, 2.75) is 13.0 Å². The Hall–Kier alpha value is -2.63. The van der Waals surface area contributed by atoms with Crippen LogP contribution in [0.1, 0.15) is 20.8 Å². The summed E-state index contributed by atoms with van der Waals surface area (Å²) in [5.74, 6) is 0.252. The molecule has 0 saturated carbocycles. The number of rotatable bonds is 8. The molecule has 3 aromatic rings. The topological polar surface area (TPSA) is 64.4 Å². The Labute approximate surface area is 151 Å². The van der Waals surface area contributed by atoms with Gasteiger partial charge in [0.15, 0.2) is 5.06 Å². The van der Waals surface area contributed by atoms with E-state index in [0.717, 1.165) is 24.6 Å². The second kappa shape index (κ2) is 8.46. The molecule has 0 unspecified atom stereocenters. The summed E-state index contributed by atoms with van der Waals surface area (Å²) < 4.78 is 5.81. The van der Waals surface area contributed by atoms with Crippen LogP contribution in [0.2, 0.25) is 0 Å². The smallest absolute Gasteiger partial charge is 0.248 e. The summed E-state index contributed by atoms with van der Waals surface area (Å²) >= 11 is 1.61. The largest absolute Gasteiger partial charge is 0.447 e. The minimum absolute atomic E-state index is 0.438. The number of ether oxygens (including phenoxy) is 1. The van der Waals surface area contributed by atoms with Crippen molar-refractivity contribution in [1.29, 1.82) is 0 Å². The highest BCUT2D eigenvalue weighted by Crippen LogP contribution is 2.29. The second-order valence-electron chi connectivity index (χ2n) is 5.62. The molecule has 0 saturated heterocycles. The van der Waals surface area contributed by atoms with E-state index in [1.807, 2.05) is 12.1 Å². The third-order valence-corrected chi connectivity index (χ3v) is 4.69. The van der Waals surface area contributed by atoms with Gasteiger partial charge in [-0.05, 0) is 54.9 Å². The lowest BCUT2D eigenvalue weighted by Crippen LogP contribution is -2.15. The molecule has 3 N–H and O–H groups in total. The summed E-state index contributed by atoms with van der Waals surface area (Å²) in [6.45, 7) is 1.76. The molecule has 3 rings (SSSR count). The molecule has 0 aliphatic heterocycles. The van der Waals surface area contributed by atoms with Crippen molar-refractivity contribution in [3.8, 4) is 10.8 Å². The normalized spacial score (nSPS) is 10.6. The highest BCUT2D eigenvalue weighted by Gasteiger charge is 2.04. The Morgan fingerprint density at radius 2 is 1.76 bits per heavy atom. The van der Waals surface area contributed by atoms with E-state index >= 15 is 0 Å². The van der Waals surface area contributed by atoms with Crippen LogP contribution in [-0.2, 0) is 13.0 Å². The average molecular weight is 352 g/mol. The maximum atomic E-state index is 11.1. The van der Waals surface area contributed by atoms with E-state index in [1.54, 1.807) is 35.6 Å². The molecule has 0 spiro atoms. The fourth-order valence-corrected chi connectivity index (χ4v) is 3.24. The molecule has 1 amide bonds. The summed E-state index contributed by atoms with van der Waals surface area (Å²) in [5.41, 5.74) is 7.04. The third kappa shape index (κ3) is 5.17. The van der Waals surface area contributed by atoms with Crippen molar-refractivity contribution in [3.05, 3.63) is 82.7 Å².